The van der Waals surface area contributed by atoms with E-state index in [1.165, 1.54) is 0 Å². The summed E-state index contributed by atoms with van der Waals surface area (Å²) in [5.74, 6) is -0.350. The van der Waals surface area contributed by atoms with E-state index in [1.54, 1.807) is 36.4 Å². The number of nitrogens with one attached hydrogen (secondary N) is 4. The molecule has 1 unspecified atom stereocenters. The van der Waals surface area contributed by atoms with Gasteiger partial charge in [0.15, 0.2) is 0 Å². The third kappa shape index (κ3) is 4.57. The van der Waals surface area contributed by atoms with Crippen LogP contribution in [0.25, 0.3) is 0 Å². The Bertz CT molecular complexity index is 775. The maximum Gasteiger partial charge on any atom is 0.323 e. The zero-order valence-electron chi connectivity index (χ0n) is 13.4. The highest BCUT2D eigenvalue weighted by Crippen LogP contribution is 2.16. The SMILES string of the molecule is O=C1CCC(C(=O)Nc2ccc(NC(=O)Nc3ccccc3)cc2)N1. The zero-order valence-corrected chi connectivity index (χ0v) is 13.4. The maximum absolute atomic E-state index is 12.0. The molecule has 0 aliphatic carbocycles. The van der Waals surface area contributed by atoms with E-state index >= 15 is 0 Å². The van der Waals surface area contributed by atoms with Crippen LogP contribution in [0.2, 0.25) is 0 Å². The summed E-state index contributed by atoms with van der Waals surface area (Å²) >= 11 is 0. The first-order chi connectivity index (χ1) is 12.1. The number of amides is 4. The average molecular weight is 338 g/mol. The fraction of sp³-hybridized carbons (Fsp3) is 0.167. The molecule has 0 bridgehead atoms. The summed E-state index contributed by atoms with van der Waals surface area (Å²) in [6.45, 7) is 0. The summed E-state index contributed by atoms with van der Waals surface area (Å²) in [5, 5.41) is 10.8. The van der Waals surface area contributed by atoms with Crippen LogP contribution in [0.3, 0.4) is 0 Å². The molecule has 0 saturated carbocycles. The standard InChI is InChI=1S/C18H18N4O3/c23-16-11-10-15(22-16)17(24)19-13-6-8-14(9-7-13)21-18(25)20-12-4-2-1-3-5-12/h1-9,15H,10-11H2,(H,19,24)(H,22,23)(H2,20,21,25). The Morgan fingerprint density at radius 2 is 1.40 bits per heavy atom. The van der Waals surface area contributed by atoms with Gasteiger partial charge in [-0.3, -0.25) is 9.59 Å². The Labute approximate surface area is 144 Å². The van der Waals surface area contributed by atoms with Crippen molar-refractivity contribution < 1.29 is 14.4 Å². The molecule has 1 aliphatic rings. The molecular formula is C18H18N4O3. The first-order valence-corrected chi connectivity index (χ1v) is 7.93. The molecular weight excluding hydrogens is 320 g/mol. The van der Waals surface area contributed by atoms with Gasteiger partial charge in [0.2, 0.25) is 11.8 Å². The molecule has 1 aliphatic heterocycles. The van der Waals surface area contributed by atoms with Crippen LogP contribution in [0, 0.1) is 0 Å². The quantitative estimate of drug-likeness (QED) is 0.689. The molecule has 4 N–H and O–H groups in total. The van der Waals surface area contributed by atoms with Crippen molar-refractivity contribution in [2.24, 2.45) is 0 Å². The van der Waals surface area contributed by atoms with Crippen LogP contribution in [0.5, 0.6) is 0 Å². The molecule has 1 atom stereocenters. The molecule has 128 valence electrons. The van der Waals surface area contributed by atoms with Crippen LogP contribution in [-0.4, -0.2) is 23.9 Å². The van der Waals surface area contributed by atoms with Crippen molar-refractivity contribution in [3.8, 4) is 0 Å². The van der Waals surface area contributed by atoms with E-state index in [1.807, 2.05) is 18.2 Å². The highest BCUT2D eigenvalue weighted by Gasteiger charge is 2.27. The van der Waals surface area contributed by atoms with Crippen molar-refractivity contribution in [3.05, 3.63) is 54.6 Å². The lowest BCUT2D eigenvalue weighted by Gasteiger charge is -2.12. The molecule has 0 spiro atoms. The minimum Gasteiger partial charge on any atom is -0.344 e. The Hall–Kier alpha value is -3.35. The van der Waals surface area contributed by atoms with Crippen molar-refractivity contribution in [1.29, 1.82) is 0 Å². The van der Waals surface area contributed by atoms with Gasteiger partial charge in [-0.1, -0.05) is 18.2 Å². The van der Waals surface area contributed by atoms with E-state index < -0.39 is 6.04 Å². The second-order valence-electron chi connectivity index (χ2n) is 5.67. The van der Waals surface area contributed by atoms with Crippen LogP contribution in [0.1, 0.15) is 12.8 Å². The molecule has 0 radical (unpaired) electrons. The van der Waals surface area contributed by atoms with E-state index in [0.29, 0.717) is 29.9 Å². The second-order valence-corrected chi connectivity index (χ2v) is 5.67. The van der Waals surface area contributed by atoms with Gasteiger partial charge in [-0.25, -0.2) is 4.79 Å². The van der Waals surface area contributed by atoms with Crippen LogP contribution in [0.15, 0.2) is 54.6 Å². The molecule has 2 aromatic rings. The number of para-hydroxylation sites is 1. The number of hydrogen-bond acceptors (Lipinski definition) is 3. The Balaban J connectivity index is 1.52. The van der Waals surface area contributed by atoms with Gasteiger partial charge in [-0.2, -0.15) is 0 Å². The van der Waals surface area contributed by atoms with Gasteiger partial charge in [0.1, 0.15) is 6.04 Å². The van der Waals surface area contributed by atoms with Crippen molar-refractivity contribution >= 4 is 34.9 Å². The number of hydrogen-bond donors (Lipinski definition) is 4. The first kappa shape index (κ1) is 16.5. The van der Waals surface area contributed by atoms with Gasteiger partial charge in [0, 0.05) is 23.5 Å². The molecule has 3 rings (SSSR count). The van der Waals surface area contributed by atoms with E-state index in [4.69, 9.17) is 0 Å². The van der Waals surface area contributed by atoms with Crippen LogP contribution < -0.4 is 21.3 Å². The topological polar surface area (TPSA) is 99.3 Å². The van der Waals surface area contributed by atoms with E-state index in [2.05, 4.69) is 21.3 Å². The predicted octanol–water partition coefficient (Wildman–Crippen LogP) is 2.55. The molecule has 25 heavy (non-hydrogen) atoms. The van der Waals surface area contributed by atoms with E-state index in [9.17, 15) is 14.4 Å². The molecule has 1 fully saturated rings. The van der Waals surface area contributed by atoms with Gasteiger partial charge in [-0.15, -0.1) is 0 Å². The van der Waals surface area contributed by atoms with E-state index in [-0.39, 0.29) is 17.8 Å². The van der Waals surface area contributed by atoms with Gasteiger partial charge >= 0.3 is 6.03 Å². The third-order valence-corrected chi connectivity index (χ3v) is 3.75. The highest BCUT2D eigenvalue weighted by molar-refractivity contribution is 6.01. The minimum absolute atomic E-state index is 0.107. The van der Waals surface area contributed by atoms with Crippen LogP contribution in [-0.2, 0) is 9.59 Å². The van der Waals surface area contributed by atoms with Crippen molar-refractivity contribution in [2.75, 3.05) is 16.0 Å². The van der Waals surface area contributed by atoms with Gasteiger partial charge in [0.25, 0.3) is 0 Å². The van der Waals surface area contributed by atoms with Gasteiger partial charge in [-0.05, 0) is 42.8 Å². The Morgan fingerprint density at radius 1 is 0.840 bits per heavy atom. The predicted molar refractivity (Wildman–Crippen MR) is 95.3 cm³/mol. The summed E-state index contributed by atoms with van der Waals surface area (Å²) in [4.78, 5) is 35.1. The summed E-state index contributed by atoms with van der Waals surface area (Å²) in [5.41, 5.74) is 1.89. The lowest BCUT2D eigenvalue weighted by atomic mass is 10.2. The Kier molecular flexibility index (Phi) is 4.94. The summed E-state index contributed by atoms with van der Waals surface area (Å²) in [6, 6.07) is 15.0. The Morgan fingerprint density at radius 3 is 1.96 bits per heavy atom. The number of benzene rings is 2. The van der Waals surface area contributed by atoms with Crippen molar-refractivity contribution in [3.63, 3.8) is 0 Å². The fourth-order valence-electron chi connectivity index (χ4n) is 2.49. The molecule has 4 amide bonds. The largest absolute Gasteiger partial charge is 0.344 e. The third-order valence-electron chi connectivity index (χ3n) is 3.75. The van der Waals surface area contributed by atoms with Crippen molar-refractivity contribution in [2.45, 2.75) is 18.9 Å². The number of carbonyl (C=O) groups excluding carboxylic acids is 3. The fourth-order valence-corrected chi connectivity index (χ4v) is 2.49. The summed E-state index contributed by atoms with van der Waals surface area (Å²) in [6.07, 6.45) is 0.876. The maximum atomic E-state index is 12.0. The molecule has 0 aromatic heterocycles. The van der Waals surface area contributed by atoms with Crippen molar-refractivity contribution in [1.82, 2.24) is 5.32 Å². The average Bonchev–Trinajstić information content (AvgIpc) is 3.04. The van der Waals surface area contributed by atoms with Gasteiger partial charge < -0.3 is 21.3 Å². The molecule has 2 aromatic carbocycles. The number of rotatable bonds is 4. The molecule has 1 heterocycles. The first-order valence-electron chi connectivity index (χ1n) is 7.93. The van der Waals surface area contributed by atoms with Crippen LogP contribution >= 0.6 is 0 Å². The zero-order chi connectivity index (χ0) is 17.6. The number of anilines is 3. The van der Waals surface area contributed by atoms with Gasteiger partial charge in [0.05, 0.1) is 0 Å². The monoisotopic (exact) mass is 338 g/mol. The smallest absolute Gasteiger partial charge is 0.323 e. The van der Waals surface area contributed by atoms with Crippen LogP contribution in [0.4, 0.5) is 21.9 Å². The van der Waals surface area contributed by atoms with E-state index in [0.717, 1.165) is 0 Å². The summed E-state index contributed by atoms with van der Waals surface area (Å²) < 4.78 is 0. The normalized spacial score (nSPS) is 16.0. The molecule has 7 heteroatoms. The lowest BCUT2D eigenvalue weighted by molar-refractivity contribution is -0.122. The summed E-state index contributed by atoms with van der Waals surface area (Å²) in [7, 11) is 0. The number of urea groups is 1. The second kappa shape index (κ2) is 7.48. The lowest BCUT2D eigenvalue weighted by Crippen LogP contribution is -2.37. The highest BCUT2D eigenvalue weighted by atomic mass is 16.2. The minimum atomic E-state index is -0.484. The molecule has 1 saturated heterocycles. The molecule has 7 nitrogen and oxygen atoms in total. The number of carbonyl (C=O) groups is 3.